The maximum absolute atomic E-state index is 10.1. The number of benzene rings is 12. The lowest BCUT2D eigenvalue weighted by Gasteiger charge is -2.34. The number of nitrogens with zero attached hydrogens (tertiary/aromatic N) is 1. The van der Waals surface area contributed by atoms with Gasteiger partial charge in [0, 0.05) is 16.9 Å². The van der Waals surface area contributed by atoms with E-state index in [1.165, 1.54) is 16.3 Å². The Morgan fingerprint density at radius 3 is 1.63 bits per heavy atom. The number of anilines is 3. The molecule has 0 heterocycles. The van der Waals surface area contributed by atoms with Crippen LogP contribution in [-0.2, 0) is 5.41 Å². The molecule has 1 aliphatic carbocycles. The average Bonchev–Trinajstić information content (AvgIpc) is 3.75. The van der Waals surface area contributed by atoms with Gasteiger partial charge in [0.2, 0.25) is 0 Å². The number of hydrogen-bond acceptors (Lipinski definition) is 1. The van der Waals surface area contributed by atoms with Crippen LogP contribution in [0.25, 0.3) is 76.8 Å². The van der Waals surface area contributed by atoms with Gasteiger partial charge >= 0.3 is 0 Å². The van der Waals surface area contributed by atoms with Crippen LogP contribution in [0.4, 0.5) is 17.1 Å². The van der Waals surface area contributed by atoms with Gasteiger partial charge in [0.1, 0.15) is 0 Å². The summed E-state index contributed by atoms with van der Waals surface area (Å²) in [6.07, 6.45) is 0. The minimum absolute atomic E-state index is 0.103. The zero-order valence-corrected chi connectivity index (χ0v) is 37.1. The summed E-state index contributed by atoms with van der Waals surface area (Å²) in [5, 5.41) is 6.29. The summed E-state index contributed by atoms with van der Waals surface area (Å²) in [5.41, 5.74) is 12.7. The van der Waals surface area contributed by atoms with Gasteiger partial charge < -0.3 is 4.90 Å². The lowest BCUT2D eigenvalue weighted by Crippen LogP contribution is -2.28. The Morgan fingerprint density at radius 1 is 0.309 bits per heavy atom. The Morgan fingerprint density at radius 2 is 0.868 bits per heavy atom. The van der Waals surface area contributed by atoms with Crippen molar-refractivity contribution in [1.29, 1.82) is 0 Å². The van der Waals surface area contributed by atoms with Crippen LogP contribution in [0.5, 0.6) is 0 Å². The second-order valence-electron chi connectivity index (χ2n) is 17.6. The Hall–Kier alpha value is -8.78. The van der Waals surface area contributed by atoms with Crippen LogP contribution in [-0.4, -0.2) is 0 Å². The first-order chi connectivity index (χ1) is 35.4. The molecule has 1 heteroatoms. The summed E-state index contributed by atoms with van der Waals surface area (Å²) >= 11 is 0. The molecule has 68 heavy (non-hydrogen) atoms. The molecule has 0 unspecified atom stereocenters. The van der Waals surface area contributed by atoms with E-state index in [2.05, 4.69) is 206 Å². The molecule has 0 aromatic heterocycles. The van der Waals surface area contributed by atoms with E-state index >= 15 is 0 Å². The maximum atomic E-state index is 10.1. The third kappa shape index (κ3) is 6.32. The van der Waals surface area contributed by atoms with Gasteiger partial charge in [-0.2, -0.15) is 0 Å². The Kier molecular flexibility index (Phi) is 8.49. The van der Waals surface area contributed by atoms with Crippen molar-refractivity contribution in [3.8, 4) is 44.5 Å². The third-order valence-corrected chi connectivity index (χ3v) is 14.0. The predicted octanol–water partition coefficient (Wildman–Crippen LogP) is 18.0. The van der Waals surface area contributed by atoms with Gasteiger partial charge in [-0.1, -0.05) is 230 Å². The highest BCUT2D eigenvalue weighted by molar-refractivity contribution is 6.14. The molecular weight excluding hydrogens is 819 g/mol. The highest BCUT2D eigenvalue weighted by Crippen LogP contribution is 2.59. The van der Waals surface area contributed by atoms with E-state index in [0.29, 0.717) is 11.3 Å². The molecule has 0 aliphatic heterocycles. The number of fused-ring (bicyclic) bond motifs is 7. The minimum atomic E-state index is -0.704. The zero-order chi connectivity index (χ0) is 48.5. The van der Waals surface area contributed by atoms with Crippen molar-refractivity contribution >= 4 is 49.4 Å². The first-order valence-electron chi connectivity index (χ1n) is 25.3. The van der Waals surface area contributed by atoms with Gasteiger partial charge in [-0.05, 0) is 136 Å². The van der Waals surface area contributed by atoms with Crippen molar-refractivity contribution in [2.45, 2.75) is 5.41 Å². The standard InChI is InChI=1S/C67H45N/c1-3-23-52(24-4-1)67(53-25-5-2-6-26-53)63-33-14-13-31-61(63)66-64(67)34-17-35-65(66)68(55-42-38-48(39-43-55)62-45-51-19-8-10-28-58(51)59-29-11-12-30-60(59)62)54-40-36-46(37-41-54)49-21-15-22-50(44-49)57-32-16-20-47-18-7-9-27-56(47)57/h1-45H/i38D,39D,42D,43D. The summed E-state index contributed by atoms with van der Waals surface area (Å²) in [4.78, 5) is 1.97. The monoisotopic (exact) mass is 867 g/mol. The van der Waals surface area contributed by atoms with Gasteiger partial charge in [0.15, 0.2) is 0 Å². The molecule has 0 spiro atoms. The molecule has 0 saturated heterocycles. The summed E-state index contributed by atoms with van der Waals surface area (Å²) in [6.45, 7) is 0. The van der Waals surface area contributed by atoms with Crippen LogP contribution in [0.3, 0.4) is 0 Å². The molecule has 0 radical (unpaired) electrons. The summed E-state index contributed by atoms with van der Waals surface area (Å²) < 4.78 is 40.1. The van der Waals surface area contributed by atoms with Gasteiger partial charge in [-0.25, -0.2) is 0 Å². The molecule has 1 aliphatic rings. The second-order valence-corrected chi connectivity index (χ2v) is 17.6. The van der Waals surface area contributed by atoms with Gasteiger partial charge in [0.25, 0.3) is 0 Å². The van der Waals surface area contributed by atoms with E-state index in [1.54, 1.807) is 0 Å². The van der Waals surface area contributed by atoms with Crippen molar-refractivity contribution in [2.75, 3.05) is 4.90 Å². The molecule has 0 N–H and O–H groups in total. The largest absolute Gasteiger partial charge is 0.310 e. The van der Waals surface area contributed by atoms with Gasteiger partial charge in [0.05, 0.1) is 16.6 Å². The van der Waals surface area contributed by atoms with E-state index in [4.69, 9.17) is 0 Å². The zero-order valence-electron chi connectivity index (χ0n) is 41.1. The predicted molar refractivity (Wildman–Crippen MR) is 287 cm³/mol. The second kappa shape index (κ2) is 16.3. The molecule has 0 fully saturated rings. The molecule has 0 saturated carbocycles. The normalized spacial score (nSPS) is 13.4. The molecule has 0 atom stereocenters. The fourth-order valence-electron chi connectivity index (χ4n) is 11.0. The first kappa shape index (κ1) is 35.5. The Bertz CT molecular complexity index is 4020. The molecule has 318 valence electrons. The minimum Gasteiger partial charge on any atom is -0.310 e. The lowest BCUT2D eigenvalue weighted by molar-refractivity contribution is 0.768. The summed E-state index contributed by atoms with van der Waals surface area (Å²) in [6, 6.07) is 85.9. The summed E-state index contributed by atoms with van der Waals surface area (Å²) in [7, 11) is 0. The molecule has 12 aromatic rings. The van der Waals surface area contributed by atoms with E-state index in [0.717, 1.165) is 77.3 Å². The van der Waals surface area contributed by atoms with Crippen molar-refractivity contribution in [3.63, 3.8) is 0 Å². The smallest absolute Gasteiger partial charge is 0.0714 e. The maximum Gasteiger partial charge on any atom is 0.0714 e. The van der Waals surface area contributed by atoms with Crippen molar-refractivity contribution < 1.29 is 5.48 Å². The SMILES string of the molecule is [2H]c1c([2H])c(N(c2ccc(-c3cccc(-c4cccc5ccccc45)c3)cc2)c2cccc3c2-c2ccccc2C3(c2ccccc2)c2ccccc2)c([2H])c([2H])c1-c1cc2ccccc2c2ccccc12. The van der Waals surface area contributed by atoms with Crippen LogP contribution < -0.4 is 4.90 Å². The lowest BCUT2D eigenvalue weighted by atomic mass is 9.68. The number of rotatable bonds is 8. The van der Waals surface area contributed by atoms with E-state index < -0.39 is 5.41 Å². The van der Waals surface area contributed by atoms with Crippen molar-refractivity contribution in [3.05, 3.63) is 295 Å². The van der Waals surface area contributed by atoms with Crippen LogP contribution in [0, 0.1) is 0 Å². The van der Waals surface area contributed by atoms with Gasteiger partial charge in [-0.15, -0.1) is 0 Å². The van der Waals surface area contributed by atoms with Crippen molar-refractivity contribution in [2.24, 2.45) is 0 Å². The quantitative estimate of drug-likeness (QED) is 0.138. The fraction of sp³-hybridized carbons (Fsp3) is 0.0149. The third-order valence-electron chi connectivity index (χ3n) is 14.0. The van der Waals surface area contributed by atoms with Crippen LogP contribution >= 0.6 is 0 Å². The fourth-order valence-corrected chi connectivity index (χ4v) is 11.0. The average molecular weight is 868 g/mol. The van der Waals surface area contributed by atoms with E-state index in [9.17, 15) is 5.48 Å². The first-order valence-corrected chi connectivity index (χ1v) is 23.3. The molecular formula is C67H45N. The Labute approximate surface area is 403 Å². The molecule has 1 nitrogen and oxygen atoms in total. The Balaban J connectivity index is 1.05. The van der Waals surface area contributed by atoms with Crippen LogP contribution in [0.2, 0.25) is 0 Å². The molecule has 12 aromatic carbocycles. The van der Waals surface area contributed by atoms with Crippen LogP contribution in [0.15, 0.2) is 273 Å². The summed E-state index contributed by atoms with van der Waals surface area (Å²) in [5.74, 6) is 0. The molecule has 13 rings (SSSR count). The van der Waals surface area contributed by atoms with E-state index in [1.807, 2.05) is 47.4 Å². The topological polar surface area (TPSA) is 3.24 Å². The van der Waals surface area contributed by atoms with Gasteiger partial charge in [-0.3, -0.25) is 0 Å². The van der Waals surface area contributed by atoms with E-state index in [-0.39, 0.29) is 35.4 Å². The van der Waals surface area contributed by atoms with Crippen LogP contribution in [0.1, 0.15) is 27.7 Å². The highest BCUT2D eigenvalue weighted by Gasteiger charge is 2.47. The van der Waals surface area contributed by atoms with Crippen molar-refractivity contribution in [1.82, 2.24) is 0 Å². The molecule has 0 bridgehead atoms. The molecule has 0 amide bonds. The number of hydrogen-bond donors (Lipinski definition) is 0. The highest BCUT2D eigenvalue weighted by atomic mass is 15.1.